The van der Waals surface area contributed by atoms with Crippen molar-refractivity contribution in [3.63, 3.8) is 0 Å². The summed E-state index contributed by atoms with van der Waals surface area (Å²) in [5.74, 6) is 0. The molecule has 0 unspecified atom stereocenters. The minimum atomic E-state index is -0.878. The predicted molar refractivity (Wildman–Crippen MR) is 62.0 cm³/mol. The first-order valence-electron chi connectivity index (χ1n) is 4.76. The van der Waals surface area contributed by atoms with Crippen LogP contribution in [0, 0.1) is 0 Å². The second-order valence-corrected chi connectivity index (χ2v) is 9.81. The Morgan fingerprint density at radius 2 is 1.85 bits per heavy atom. The van der Waals surface area contributed by atoms with Crippen LogP contribution in [0.25, 0.3) is 0 Å². The lowest BCUT2D eigenvalue weighted by Crippen LogP contribution is -2.17. The van der Waals surface area contributed by atoms with Crippen LogP contribution in [-0.2, 0) is 4.84 Å². The van der Waals surface area contributed by atoms with Crippen LogP contribution in [0.2, 0.25) is 25.7 Å². The lowest BCUT2D eigenvalue weighted by Gasteiger charge is -2.11. The first kappa shape index (κ1) is 12.4. The van der Waals surface area contributed by atoms with Gasteiger partial charge in [0.2, 0.25) is 0 Å². The van der Waals surface area contributed by atoms with Gasteiger partial charge < -0.3 is 4.84 Å². The monoisotopic (exact) mass is 199 g/mol. The van der Waals surface area contributed by atoms with Crippen LogP contribution < -0.4 is 0 Å². The van der Waals surface area contributed by atoms with E-state index in [9.17, 15) is 0 Å². The molecular weight excluding hydrogens is 178 g/mol. The van der Waals surface area contributed by atoms with E-state index in [1.807, 2.05) is 0 Å². The van der Waals surface area contributed by atoms with Gasteiger partial charge in [0.25, 0.3) is 0 Å². The molecule has 0 rings (SSSR count). The van der Waals surface area contributed by atoms with Gasteiger partial charge in [-0.1, -0.05) is 36.9 Å². The highest BCUT2D eigenvalue weighted by atomic mass is 28.3. The molecule has 3 heteroatoms. The van der Waals surface area contributed by atoms with E-state index in [1.54, 1.807) is 13.3 Å². The summed E-state index contributed by atoms with van der Waals surface area (Å²) in [5.41, 5.74) is 0. The zero-order valence-corrected chi connectivity index (χ0v) is 10.2. The van der Waals surface area contributed by atoms with Crippen LogP contribution in [0.5, 0.6) is 0 Å². The first-order valence-corrected chi connectivity index (χ1v) is 8.47. The van der Waals surface area contributed by atoms with Crippen LogP contribution >= 0.6 is 0 Å². The Morgan fingerprint density at radius 3 is 2.38 bits per heavy atom. The summed E-state index contributed by atoms with van der Waals surface area (Å²) in [6, 6.07) is 1.27. The van der Waals surface area contributed by atoms with Gasteiger partial charge in [-0.15, -0.1) is 0 Å². The van der Waals surface area contributed by atoms with Crippen molar-refractivity contribution in [2.24, 2.45) is 5.16 Å². The Balaban J connectivity index is 3.37. The summed E-state index contributed by atoms with van der Waals surface area (Å²) in [7, 11) is 0.689. The van der Waals surface area contributed by atoms with Gasteiger partial charge in [-0.3, -0.25) is 0 Å². The molecule has 0 amide bonds. The highest BCUT2D eigenvalue weighted by molar-refractivity contribution is 6.76. The molecule has 0 saturated heterocycles. The van der Waals surface area contributed by atoms with Gasteiger partial charge in [0.05, 0.1) is 0 Å². The van der Waals surface area contributed by atoms with Crippen LogP contribution in [-0.4, -0.2) is 21.4 Å². The summed E-state index contributed by atoms with van der Waals surface area (Å²) in [4.78, 5) is 4.55. The van der Waals surface area contributed by atoms with Crippen LogP contribution in [0.4, 0.5) is 0 Å². The van der Waals surface area contributed by atoms with Gasteiger partial charge in [-0.2, -0.15) is 0 Å². The molecule has 0 atom stereocenters. The Morgan fingerprint density at radius 1 is 1.15 bits per heavy atom. The Bertz CT molecular complexity index is 170. The number of oxime groups is 1. The highest BCUT2D eigenvalue weighted by Gasteiger charge is 2.08. The maximum Gasteiger partial charge on any atom is 0.106 e. The van der Waals surface area contributed by atoms with Crippen molar-refractivity contribution in [2.45, 2.75) is 38.5 Å². The van der Waals surface area contributed by atoms with Gasteiger partial charge >= 0.3 is 0 Å². The van der Waals surface area contributed by atoms with Crippen molar-refractivity contribution in [1.29, 1.82) is 0 Å². The Labute approximate surface area is 82.7 Å². The standard InChI is InChI=1S/C10H21NOSi/c1-12-11-9-7-5-6-8-10-13(2,3)4/h6,8-9H,5,7,10H2,1-4H3/b8-6+,11-9-. The second kappa shape index (κ2) is 6.89. The lowest BCUT2D eigenvalue weighted by atomic mass is 10.3. The third kappa shape index (κ3) is 11.4. The molecule has 13 heavy (non-hydrogen) atoms. The SMILES string of the molecule is CO/N=C\CC/C=C/C[Si](C)(C)C. The fourth-order valence-electron chi connectivity index (χ4n) is 0.853. The minimum absolute atomic E-state index is 0.878. The van der Waals surface area contributed by atoms with E-state index in [4.69, 9.17) is 0 Å². The Hall–Kier alpha value is -0.573. The summed E-state index contributed by atoms with van der Waals surface area (Å²) < 4.78 is 0. The molecular formula is C10H21NOSi. The average molecular weight is 199 g/mol. The van der Waals surface area contributed by atoms with E-state index in [-0.39, 0.29) is 0 Å². The number of hydrogen-bond donors (Lipinski definition) is 0. The summed E-state index contributed by atoms with van der Waals surface area (Å²) >= 11 is 0. The molecule has 76 valence electrons. The van der Waals surface area contributed by atoms with E-state index >= 15 is 0 Å². The normalized spacial score (nSPS) is 12.9. The largest absolute Gasteiger partial charge is 0.399 e. The fraction of sp³-hybridized carbons (Fsp3) is 0.700. The van der Waals surface area contributed by atoms with Gasteiger partial charge in [0.15, 0.2) is 0 Å². The maximum atomic E-state index is 4.55. The lowest BCUT2D eigenvalue weighted by molar-refractivity contribution is 0.214. The van der Waals surface area contributed by atoms with E-state index in [1.165, 1.54) is 6.04 Å². The zero-order chi connectivity index (χ0) is 10.2. The molecule has 0 radical (unpaired) electrons. The average Bonchev–Trinajstić information content (AvgIpc) is 2.01. The molecule has 0 aliphatic rings. The van der Waals surface area contributed by atoms with Crippen LogP contribution in [0.1, 0.15) is 12.8 Å². The summed E-state index contributed by atoms with van der Waals surface area (Å²) in [6.07, 6.45) is 8.37. The van der Waals surface area contributed by atoms with Crippen molar-refractivity contribution in [3.05, 3.63) is 12.2 Å². The molecule has 2 nitrogen and oxygen atoms in total. The number of unbranched alkanes of at least 4 members (excludes halogenated alkanes) is 1. The maximum absolute atomic E-state index is 4.55. The molecule has 0 saturated carbocycles. The molecule has 0 aliphatic heterocycles. The zero-order valence-electron chi connectivity index (χ0n) is 9.21. The van der Waals surface area contributed by atoms with E-state index in [0.717, 1.165) is 12.8 Å². The molecule has 0 aromatic carbocycles. The molecule has 0 aromatic rings. The quantitative estimate of drug-likeness (QED) is 0.211. The van der Waals surface area contributed by atoms with Crippen LogP contribution in [0.3, 0.4) is 0 Å². The summed E-state index contributed by atoms with van der Waals surface area (Å²) in [6.45, 7) is 7.14. The van der Waals surface area contributed by atoms with Crippen molar-refractivity contribution < 1.29 is 4.84 Å². The molecule has 0 aromatic heterocycles. The van der Waals surface area contributed by atoms with Gasteiger partial charge in [-0.25, -0.2) is 0 Å². The van der Waals surface area contributed by atoms with Gasteiger partial charge in [-0.05, 0) is 18.9 Å². The van der Waals surface area contributed by atoms with E-state index in [0.29, 0.717) is 0 Å². The topological polar surface area (TPSA) is 21.6 Å². The Kier molecular flexibility index (Phi) is 6.59. The number of allylic oxidation sites excluding steroid dienone is 2. The number of rotatable bonds is 6. The van der Waals surface area contributed by atoms with Crippen molar-refractivity contribution in [3.8, 4) is 0 Å². The van der Waals surface area contributed by atoms with Gasteiger partial charge in [0, 0.05) is 14.3 Å². The van der Waals surface area contributed by atoms with E-state index < -0.39 is 8.07 Å². The highest BCUT2D eigenvalue weighted by Crippen LogP contribution is 2.08. The summed E-state index contributed by atoms with van der Waals surface area (Å²) in [5, 5.41) is 3.67. The molecule has 0 aliphatic carbocycles. The number of hydrogen-bond acceptors (Lipinski definition) is 2. The van der Waals surface area contributed by atoms with Gasteiger partial charge in [0.1, 0.15) is 7.11 Å². The molecule has 0 heterocycles. The third-order valence-corrected chi connectivity index (χ3v) is 3.00. The number of nitrogens with zero attached hydrogens (tertiary/aromatic N) is 1. The third-order valence-electron chi connectivity index (χ3n) is 1.54. The van der Waals surface area contributed by atoms with Crippen molar-refractivity contribution >= 4 is 14.3 Å². The fourth-order valence-corrected chi connectivity index (χ4v) is 1.73. The van der Waals surface area contributed by atoms with Crippen LogP contribution in [0.15, 0.2) is 17.3 Å². The smallest absolute Gasteiger partial charge is 0.106 e. The molecule has 0 fully saturated rings. The second-order valence-electron chi connectivity index (χ2n) is 4.28. The van der Waals surface area contributed by atoms with Crippen molar-refractivity contribution in [1.82, 2.24) is 0 Å². The minimum Gasteiger partial charge on any atom is -0.399 e. The molecule has 0 spiro atoms. The first-order chi connectivity index (χ1) is 6.06. The van der Waals surface area contributed by atoms with E-state index in [2.05, 4.69) is 41.8 Å². The predicted octanol–water partition coefficient (Wildman–Crippen LogP) is 3.29. The van der Waals surface area contributed by atoms with Crippen molar-refractivity contribution in [2.75, 3.05) is 7.11 Å². The molecule has 0 N–H and O–H groups in total. The molecule has 0 bridgehead atoms.